The molecule has 0 bridgehead atoms. The van der Waals surface area contributed by atoms with Gasteiger partial charge in [-0.3, -0.25) is 28.0 Å². The number of carbonyl (C=O) groups excluding carboxylic acids is 4. The van der Waals surface area contributed by atoms with Crippen molar-refractivity contribution in [2.45, 2.75) is 129 Å². The van der Waals surface area contributed by atoms with Crippen LogP contribution in [0.2, 0.25) is 0 Å². The lowest BCUT2D eigenvalue weighted by Gasteiger charge is -2.33. The third-order valence-corrected chi connectivity index (χ3v) is 19.0. The first kappa shape index (κ1) is 61.8. The quantitative estimate of drug-likeness (QED) is 0.0366. The minimum Gasteiger partial charge on any atom is -0.453 e. The molecule has 84 heavy (non-hydrogen) atoms. The fourth-order valence-electron chi connectivity index (χ4n) is 12.2. The Bertz CT molecular complexity index is 3740. The fraction of sp³-hybridized carbons (Fsp3) is 0.459. The van der Waals surface area contributed by atoms with Crippen LogP contribution in [0.15, 0.2) is 113 Å². The number of imide groups is 1. The number of carbonyl (C=O) groups is 4. The summed E-state index contributed by atoms with van der Waals surface area (Å²) in [5.74, 6) is -2.76. The molecule has 1 atom stereocenters. The van der Waals surface area contributed by atoms with Crippen LogP contribution in [0.25, 0.3) is 0 Å². The number of hydrogen-bond acceptors (Lipinski definition) is 14. The lowest BCUT2D eigenvalue weighted by atomic mass is 9.74. The number of hydroxylamine groups is 2. The number of anilines is 1. The number of benzene rings is 3. The van der Waals surface area contributed by atoms with Gasteiger partial charge in [-0.05, 0) is 144 Å². The van der Waals surface area contributed by atoms with Crippen LogP contribution in [0, 0.1) is 19.8 Å². The van der Waals surface area contributed by atoms with Crippen LogP contribution in [0.1, 0.15) is 137 Å². The molecule has 3 aromatic carbocycles. The summed E-state index contributed by atoms with van der Waals surface area (Å²) in [5, 5.41) is 0.403. The Kier molecular flexibility index (Phi) is 17.9. The standard InChI is InChI=1S/C61H72N4O16S3/c1-39-12-21-47-45(36-39)60(3,4)51(63(47)30-7-9-33-82(70,71)72)24-19-42-16-14-41-15-17-43(20-25-52-61(5,6)46-37-40(2)13-22-48(46)64(52)31-8-10-34-83(73,74)75)58-56(41)57(42)79-49-23-18-44(38-50(49)80-58)59(69)62(29-11-35-84(76,77)78)32-28-55(68)81-65-53(66)26-27-54(65)67/h12-13,18-25,36-38,41H,7-11,14-17,26-35H2,1-6H3,(H2-,70,71,72,73,74,75,76,77,78)/p+1. The SMILES string of the molecule is Cc1ccc2c(c1)C(C)(C)C(/C=C/C1=C3Oc4ccc(C(=O)N(CCCS(=O)(=O)O)CCC(=O)ON5C(=O)CCC5=O)cc4OC4=C3C(CC1)CC/C4=C\C=C1\N(CCCCS(=O)(=O)O)c3ccc(C)cc3C1(C)C)=[N+]2CCCCS(=O)(=O)O. The highest BCUT2D eigenvalue weighted by Crippen LogP contribution is 2.52. The maximum Gasteiger partial charge on any atom is 0.334 e. The largest absolute Gasteiger partial charge is 0.453 e. The molecule has 3 N–H and O–H groups in total. The number of ether oxygens (including phenoxy) is 2. The van der Waals surface area contributed by atoms with E-state index < -0.39 is 77.0 Å². The van der Waals surface area contributed by atoms with Crippen molar-refractivity contribution < 1.29 is 77.0 Å². The van der Waals surface area contributed by atoms with Gasteiger partial charge in [-0.25, -0.2) is 4.79 Å². The van der Waals surface area contributed by atoms with E-state index in [-0.39, 0.29) is 79.7 Å². The van der Waals surface area contributed by atoms with Gasteiger partial charge < -0.3 is 24.1 Å². The number of allylic oxidation sites excluding steroid dienone is 8. The molecular formula is C61H73N4O16S3+. The van der Waals surface area contributed by atoms with Crippen molar-refractivity contribution in [3.63, 3.8) is 0 Å². The number of hydrogen-bond donors (Lipinski definition) is 3. The molecule has 3 amide bonds. The van der Waals surface area contributed by atoms with Crippen molar-refractivity contribution in [2.75, 3.05) is 48.3 Å². The van der Waals surface area contributed by atoms with Crippen LogP contribution in [0.3, 0.4) is 0 Å². The van der Waals surface area contributed by atoms with E-state index in [1.807, 2.05) is 26.0 Å². The van der Waals surface area contributed by atoms with Gasteiger partial charge in [0, 0.05) is 84.5 Å². The van der Waals surface area contributed by atoms with Crippen molar-refractivity contribution in [2.24, 2.45) is 5.92 Å². The zero-order valence-electron chi connectivity index (χ0n) is 48.2. The third-order valence-electron chi connectivity index (χ3n) is 16.6. The van der Waals surface area contributed by atoms with Gasteiger partial charge in [0.2, 0.25) is 5.69 Å². The molecule has 9 rings (SSSR count). The van der Waals surface area contributed by atoms with Gasteiger partial charge in [-0.1, -0.05) is 49.2 Å². The summed E-state index contributed by atoms with van der Waals surface area (Å²) in [5.41, 5.74) is 10.00. The van der Waals surface area contributed by atoms with Crippen molar-refractivity contribution in [1.29, 1.82) is 0 Å². The number of aryl methyl sites for hydroxylation is 2. The van der Waals surface area contributed by atoms with Crippen LogP contribution in [-0.2, 0) is 60.4 Å². The van der Waals surface area contributed by atoms with Crippen molar-refractivity contribution >= 4 is 71.1 Å². The monoisotopic (exact) mass is 1210 g/mol. The topological polar surface area (TPSA) is 272 Å². The summed E-state index contributed by atoms with van der Waals surface area (Å²) in [6, 6.07) is 17.2. The Hall–Kier alpha value is -6.76. The molecule has 1 fully saturated rings. The van der Waals surface area contributed by atoms with Gasteiger partial charge in [-0.2, -0.15) is 29.8 Å². The second-order valence-electron chi connectivity index (χ2n) is 23.5. The second-order valence-corrected chi connectivity index (χ2v) is 28.2. The molecule has 1 unspecified atom stereocenters. The normalized spacial score (nSPS) is 20.1. The summed E-state index contributed by atoms with van der Waals surface area (Å²) in [7, 11) is -12.7. The molecule has 0 aromatic heterocycles. The average Bonchev–Trinajstić information content (AvgIpc) is 1.74. The molecule has 23 heteroatoms. The number of rotatable bonds is 22. The average molecular weight is 1210 g/mol. The highest BCUT2D eigenvalue weighted by atomic mass is 32.2. The van der Waals surface area contributed by atoms with Crippen molar-refractivity contribution in [1.82, 2.24) is 9.96 Å². The third kappa shape index (κ3) is 13.8. The molecule has 20 nitrogen and oxygen atoms in total. The first-order valence-corrected chi connectivity index (χ1v) is 33.2. The number of fused-ring (bicyclic) bond motifs is 3. The summed E-state index contributed by atoms with van der Waals surface area (Å²) < 4.78 is 116. The zero-order chi connectivity index (χ0) is 60.7. The van der Waals surface area contributed by atoms with E-state index in [9.17, 15) is 58.1 Å². The first-order chi connectivity index (χ1) is 39.5. The Labute approximate surface area is 491 Å². The molecule has 0 saturated carbocycles. The number of unbranched alkanes of at least 4 members (excludes halogenated alkanes) is 2. The summed E-state index contributed by atoms with van der Waals surface area (Å²) in [6.45, 7) is 13.1. The van der Waals surface area contributed by atoms with Crippen molar-refractivity contribution in [3.05, 3.63) is 141 Å². The van der Waals surface area contributed by atoms with Gasteiger partial charge in [0.15, 0.2) is 17.2 Å². The van der Waals surface area contributed by atoms with Gasteiger partial charge in [0.25, 0.3) is 48.1 Å². The maximum absolute atomic E-state index is 14.6. The van der Waals surface area contributed by atoms with E-state index in [1.165, 1.54) is 17.0 Å². The number of amides is 3. The van der Waals surface area contributed by atoms with Crippen LogP contribution in [-0.4, -0.2) is 126 Å². The summed E-state index contributed by atoms with van der Waals surface area (Å²) in [6.07, 6.45) is 11.6. The Morgan fingerprint density at radius 3 is 2.02 bits per heavy atom. The van der Waals surface area contributed by atoms with E-state index in [1.54, 1.807) is 6.07 Å². The van der Waals surface area contributed by atoms with Gasteiger partial charge in [0.05, 0.1) is 29.1 Å². The Morgan fingerprint density at radius 1 is 0.702 bits per heavy atom. The fourth-order valence-corrected chi connectivity index (χ4v) is 13.9. The molecule has 3 aromatic rings. The van der Waals surface area contributed by atoms with Gasteiger partial charge >= 0.3 is 5.97 Å². The van der Waals surface area contributed by atoms with E-state index >= 15 is 0 Å². The smallest absolute Gasteiger partial charge is 0.334 e. The summed E-state index contributed by atoms with van der Waals surface area (Å²) in [4.78, 5) is 60.5. The van der Waals surface area contributed by atoms with E-state index in [0.717, 1.165) is 74.6 Å². The molecule has 6 aliphatic rings. The molecule has 2 aliphatic carbocycles. The van der Waals surface area contributed by atoms with E-state index in [0.29, 0.717) is 55.4 Å². The van der Waals surface area contributed by atoms with Crippen LogP contribution < -0.4 is 14.4 Å². The van der Waals surface area contributed by atoms with Gasteiger partial charge in [0.1, 0.15) is 18.1 Å². The van der Waals surface area contributed by atoms with Crippen LogP contribution >= 0.6 is 0 Å². The lowest BCUT2D eigenvalue weighted by molar-refractivity contribution is -0.438. The minimum absolute atomic E-state index is 0.00636. The Balaban J connectivity index is 1.13. The highest BCUT2D eigenvalue weighted by Gasteiger charge is 2.46. The molecule has 450 valence electrons. The molecule has 0 radical (unpaired) electrons. The summed E-state index contributed by atoms with van der Waals surface area (Å²) >= 11 is 0. The lowest BCUT2D eigenvalue weighted by Crippen LogP contribution is -2.37. The molecule has 4 heterocycles. The molecule has 4 aliphatic heterocycles. The zero-order valence-corrected chi connectivity index (χ0v) is 50.6. The van der Waals surface area contributed by atoms with E-state index in [2.05, 4.69) is 85.7 Å². The van der Waals surface area contributed by atoms with Gasteiger partial charge in [-0.15, -0.1) is 5.06 Å². The minimum atomic E-state index is -4.43. The highest BCUT2D eigenvalue weighted by molar-refractivity contribution is 7.86. The predicted octanol–water partition coefficient (Wildman–Crippen LogP) is 9.08. The molecule has 0 spiro atoms. The van der Waals surface area contributed by atoms with Crippen molar-refractivity contribution in [3.8, 4) is 11.5 Å². The first-order valence-electron chi connectivity index (χ1n) is 28.4. The van der Waals surface area contributed by atoms with Crippen LogP contribution in [0.4, 0.5) is 11.4 Å². The Morgan fingerprint density at radius 2 is 1.33 bits per heavy atom. The van der Waals surface area contributed by atoms with Crippen LogP contribution in [0.5, 0.6) is 11.5 Å². The van der Waals surface area contributed by atoms with E-state index in [4.69, 9.17) is 14.3 Å². The second kappa shape index (κ2) is 24.3. The number of nitrogens with zero attached hydrogens (tertiary/aromatic N) is 4. The molecular weight excluding hydrogens is 1140 g/mol. The maximum atomic E-state index is 14.6. The predicted molar refractivity (Wildman–Crippen MR) is 315 cm³/mol. The molecule has 1 saturated heterocycles.